The Hall–Kier alpha value is -2.18. The van der Waals surface area contributed by atoms with Gasteiger partial charge in [0.15, 0.2) is 0 Å². The van der Waals surface area contributed by atoms with Gasteiger partial charge in [0.05, 0.1) is 10.6 Å². The summed E-state index contributed by atoms with van der Waals surface area (Å²) < 4.78 is 27.0. The molecule has 0 aromatic heterocycles. The first-order valence-corrected chi connectivity index (χ1v) is 9.20. The molecule has 2 rings (SSSR count). The number of aryl methyl sites for hydroxylation is 1. The van der Waals surface area contributed by atoms with Gasteiger partial charge in [-0.15, -0.1) is 0 Å². The molecule has 0 unspecified atom stereocenters. The summed E-state index contributed by atoms with van der Waals surface area (Å²) in [5, 5.41) is 0. The number of nitrogens with zero attached hydrogens (tertiary/aromatic N) is 1. The van der Waals surface area contributed by atoms with Crippen molar-refractivity contribution in [2.45, 2.75) is 25.2 Å². The maximum Gasteiger partial charge on any atom is 0.240 e. The van der Waals surface area contributed by atoms with Gasteiger partial charge in [0.2, 0.25) is 15.9 Å². The summed E-state index contributed by atoms with van der Waals surface area (Å²) in [7, 11) is -0.535. The Morgan fingerprint density at radius 3 is 2.38 bits per heavy atom. The van der Waals surface area contributed by atoms with Crippen molar-refractivity contribution in [1.82, 2.24) is 4.72 Å². The summed E-state index contributed by atoms with van der Waals surface area (Å²) in [6.07, 6.45) is 0.829. The zero-order valence-corrected chi connectivity index (χ0v) is 15.1. The Morgan fingerprint density at radius 1 is 1.12 bits per heavy atom. The number of rotatable bonds is 5. The minimum atomic E-state index is -3.61. The van der Waals surface area contributed by atoms with Crippen LogP contribution >= 0.6 is 0 Å². The zero-order chi connectivity index (χ0) is 17.9. The van der Waals surface area contributed by atoms with Crippen LogP contribution in [-0.2, 0) is 21.2 Å². The lowest BCUT2D eigenvalue weighted by Crippen LogP contribution is -2.24. The third kappa shape index (κ3) is 3.49. The van der Waals surface area contributed by atoms with E-state index in [4.69, 9.17) is 0 Å². The van der Waals surface area contributed by atoms with Crippen molar-refractivity contribution >= 4 is 21.6 Å². The van der Waals surface area contributed by atoms with Crippen molar-refractivity contribution in [3.63, 3.8) is 0 Å². The van der Waals surface area contributed by atoms with Gasteiger partial charge >= 0.3 is 0 Å². The predicted octanol–water partition coefficient (Wildman–Crippen LogP) is 2.81. The normalized spacial score (nSPS) is 11.3. The molecule has 24 heavy (non-hydrogen) atoms. The van der Waals surface area contributed by atoms with E-state index in [-0.39, 0.29) is 10.8 Å². The Kier molecular flexibility index (Phi) is 5.41. The summed E-state index contributed by atoms with van der Waals surface area (Å²) >= 11 is 0. The Balaban J connectivity index is 2.77. The van der Waals surface area contributed by atoms with Gasteiger partial charge in [0.25, 0.3) is 0 Å². The zero-order valence-electron chi connectivity index (χ0n) is 14.3. The minimum absolute atomic E-state index is 0.113. The second kappa shape index (κ2) is 7.15. The average Bonchev–Trinajstić information content (AvgIpc) is 2.60. The smallest absolute Gasteiger partial charge is 0.240 e. The van der Waals surface area contributed by atoms with E-state index in [0.29, 0.717) is 16.8 Å². The largest absolute Gasteiger partial charge is 0.315 e. The van der Waals surface area contributed by atoms with Gasteiger partial charge in [-0.3, -0.25) is 4.79 Å². The lowest BCUT2D eigenvalue weighted by molar-refractivity contribution is -0.116. The highest BCUT2D eigenvalue weighted by Crippen LogP contribution is 2.35. The first-order valence-electron chi connectivity index (χ1n) is 7.72. The molecule has 0 fully saturated rings. The number of anilines is 1. The molecule has 6 heteroatoms. The van der Waals surface area contributed by atoms with Crippen molar-refractivity contribution < 1.29 is 13.2 Å². The fourth-order valence-corrected chi connectivity index (χ4v) is 3.45. The van der Waals surface area contributed by atoms with Crippen LogP contribution in [0.4, 0.5) is 5.69 Å². The standard InChI is InChI=1S/C18H22N2O3S/c1-5-14-10-11-15(17(12-14)20(4)13(2)21)16-8-6-7-9-18(16)24(22,23)19-3/h6-12,19H,5H2,1-4H3. The van der Waals surface area contributed by atoms with Crippen molar-refractivity contribution in [2.75, 3.05) is 19.0 Å². The monoisotopic (exact) mass is 346 g/mol. The maximum absolute atomic E-state index is 12.3. The van der Waals surface area contributed by atoms with Crippen LogP contribution in [0.3, 0.4) is 0 Å². The second-order valence-electron chi connectivity index (χ2n) is 5.49. The molecule has 0 heterocycles. The lowest BCUT2D eigenvalue weighted by atomic mass is 9.99. The van der Waals surface area contributed by atoms with E-state index < -0.39 is 10.0 Å². The molecular formula is C18H22N2O3S. The molecule has 0 aliphatic carbocycles. The number of carbonyl (C=O) groups is 1. The molecule has 1 amide bonds. The van der Waals surface area contributed by atoms with Crippen molar-refractivity contribution in [1.29, 1.82) is 0 Å². The Labute approximate surface area is 143 Å². The Morgan fingerprint density at radius 2 is 1.79 bits per heavy atom. The van der Waals surface area contributed by atoms with E-state index in [9.17, 15) is 13.2 Å². The van der Waals surface area contributed by atoms with Gasteiger partial charge in [-0.25, -0.2) is 13.1 Å². The van der Waals surface area contributed by atoms with Crippen LogP contribution in [0.15, 0.2) is 47.4 Å². The molecule has 0 radical (unpaired) electrons. The van der Waals surface area contributed by atoms with Crippen LogP contribution in [0, 0.1) is 0 Å². The quantitative estimate of drug-likeness (QED) is 0.905. The number of nitrogens with one attached hydrogen (secondary N) is 1. The number of sulfonamides is 1. The van der Waals surface area contributed by atoms with Crippen LogP contribution in [0.2, 0.25) is 0 Å². The lowest BCUT2D eigenvalue weighted by Gasteiger charge is -2.21. The van der Waals surface area contributed by atoms with Gasteiger partial charge in [-0.1, -0.05) is 37.3 Å². The van der Waals surface area contributed by atoms with Gasteiger partial charge in [0, 0.05) is 25.1 Å². The first-order chi connectivity index (χ1) is 11.3. The van der Waals surface area contributed by atoms with Gasteiger partial charge in [0.1, 0.15) is 0 Å². The topological polar surface area (TPSA) is 66.5 Å². The van der Waals surface area contributed by atoms with Gasteiger partial charge < -0.3 is 4.90 Å². The highest BCUT2D eigenvalue weighted by molar-refractivity contribution is 7.89. The highest BCUT2D eigenvalue weighted by Gasteiger charge is 2.21. The average molecular weight is 346 g/mol. The fraction of sp³-hybridized carbons (Fsp3) is 0.278. The number of hydrogen-bond acceptors (Lipinski definition) is 3. The van der Waals surface area contributed by atoms with Crippen LogP contribution in [0.1, 0.15) is 19.4 Å². The molecular weight excluding hydrogens is 324 g/mol. The van der Waals surface area contributed by atoms with E-state index in [1.54, 1.807) is 31.3 Å². The number of hydrogen-bond donors (Lipinski definition) is 1. The molecule has 0 saturated heterocycles. The highest BCUT2D eigenvalue weighted by atomic mass is 32.2. The summed E-state index contributed by atoms with van der Waals surface area (Å²) in [5.74, 6) is -0.113. The predicted molar refractivity (Wildman–Crippen MR) is 96.6 cm³/mol. The van der Waals surface area contributed by atoms with Gasteiger partial charge in [-0.05, 0) is 31.2 Å². The van der Waals surface area contributed by atoms with E-state index in [2.05, 4.69) is 4.72 Å². The summed E-state index contributed by atoms with van der Waals surface area (Å²) in [4.78, 5) is 13.6. The summed E-state index contributed by atoms with van der Waals surface area (Å²) in [6, 6.07) is 12.5. The molecule has 0 aliphatic heterocycles. The fourth-order valence-electron chi connectivity index (χ4n) is 2.51. The third-order valence-electron chi connectivity index (χ3n) is 4.04. The van der Waals surface area contributed by atoms with Crippen molar-refractivity contribution in [3.8, 4) is 11.1 Å². The molecule has 2 aromatic carbocycles. The van der Waals surface area contributed by atoms with Crippen molar-refractivity contribution in [2.24, 2.45) is 0 Å². The molecule has 2 aromatic rings. The molecule has 0 atom stereocenters. The van der Waals surface area contributed by atoms with E-state index in [1.807, 2.05) is 25.1 Å². The third-order valence-corrected chi connectivity index (χ3v) is 5.51. The van der Waals surface area contributed by atoms with Crippen molar-refractivity contribution in [3.05, 3.63) is 48.0 Å². The SMILES string of the molecule is CCc1ccc(-c2ccccc2S(=O)(=O)NC)c(N(C)C(C)=O)c1. The Bertz CT molecular complexity index is 860. The maximum atomic E-state index is 12.3. The molecule has 1 N–H and O–H groups in total. The van der Waals surface area contributed by atoms with Gasteiger partial charge in [-0.2, -0.15) is 0 Å². The summed E-state index contributed by atoms with van der Waals surface area (Å²) in [6.45, 7) is 3.52. The van der Waals surface area contributed by atoms with E-state index in [1.165, 1.54) is 18.9 Å². The molecule has 128 valence electrons. The van der Waals surface area contributed by atoms with Crippen LogP contribution in [-0.4, -0.2) is 28.4 Å². The van der Waals surface area contributed by atoms with E-state index in [0.717, 1.165) is 12.0 Å². The molecule has 0 spiro atoms. The number of carbonyl (C=O) groups excluding carboxylic acids is 1. The number of benzene rings is 2. The molecule has 0 saturated carbocycles. The molecule has 0 bridgehead atoms. The molecule has 5 nitrogen and oxygen atoms in total. The molecule has 0 aliphatic rings. The van der Waals surface area contributed by atoms with Crippen LogP contribution < -0.4 is 9.62 Å². The number of amides is 1. The van der Waals surface area contributed by atoms with Crippen LogP contribution in [0.25, 0.3) is 11.1 Å². The minimum Gasteiger partial charge on any atom is -0.315 e. The first kappa shape index (κ1) is 18.2. The van der Waals surface area contributed by atoms with Crippen LogP contribution in [0.5, 0.6) is 0 Å². The second-order valence-corrected chi connectivity index (χ2v) is 7.34. The van der Waals surface area contributed by atoms with E-state index >= 15 is 0 Å². The summed E-state index contributed by atoms with van der Waals surface area (Å²) in [5.41, 5.74) is 3.05.